The Morgan fingerprint density at radius 3 is 2.58 bits per heavy atom. The van der Waals surface area contributed by atoms with Crippen LogP contribution < -0.4 is 0 Å². The first-order valence-corrected chi connectivity index (χ1v) is 4.22. The summed E-state index contributed by atoms with van der Waals surface area (Å²) in [5, 5.41) is 0. The first kappa shape index (κ1) is 9.84. The first-order chi connectivity index (χ1) is 5.54. The molecule has 0 aliphatic carbocycles. The highest BCUT2D eigenvalue weighted by molar-refractivity contribution is 4.76. The Morgan fingerprint density at radius 2 is 2.08 bits per heavy atom. The molecule has 0 amide bonds. The fraction of sp³-hybridized carbons (Fsp3) is 1.00. The molecule has 0 saturated carbocycles. The summed E-state index contributed by atoms with van der Waals surface area (Å²) < 4.78 is 41.0. The number of halogens is 3. The molecule has 0 bridgehead atoms. The minimum absolute atomic E-state index is 0.139. The molecular formula is C8H13F3O. The Labute approximate surface area is 69.9 Å². The molecular weight excluding hydrogens is 169 g/mol. The van der Waals surface area contributed by atoms with E-state index >= 15 is 0 Å². The summed E-state index contributed by atoms with van der Waals surface area (Å²) >= 11 is 0. The normalized spacial score (nSPS) is 32.0. The van der Waals surface area contributed by atoms with E-state index in [1.807, 2.05) is 6.92 Å². The molecule has 1 aliphatic rings. The monoisotopic (exact) mass is 182 g/mol. The summed E-state index contributed by atoms with van der Waals surface area (Å²) in [5.41, 5.74) is 0. The summed E-state index contributed by atoms with van der Waals surface area (Å²) in [5.74, 6) is 0.186. The van der Waals surface area contributed by atoms with Gasteiger partial charge in [0.2, 0.25) is 0 Å². The van der Waals surface area contributed by atoms with Crippen molar-refractivity contribution in [3.05, 3.63) is 0 Å². The van der Waals surface area contributed by atoms with E-state index in [9.17, 15) is 13.2 Å². The Morgan fingerprint density at radius 1 is 1.42 bits per heavy atom. The van der Waals surface area contributed by atoms with E-state index in [-0.39, 0.29) is 18.9 Å². The average molecular weight is 182 g/mol. The van der Waals surface area contributed by atoms with Gasteiger partial charge < -0.3 is 4.74 Å². The van der Waals surface area contributed by atoms with Gasteiger partial charge in [-0.3, -0.25) is 0 Å². The smallest absolute Gasteiger partial charge is 0.369 e. The van der Waals surface area contributed by atoms with Gasteiger partial charge in [-0.1, -0.05) is 13.3 Å². The quantitative estimate of drug-likeness (QED) is 0.605. The number of alkyl halides is 3. The molecule has 0 aromatic carbocycles. The molecule has 1 nitrogen and oxygen atoms in total. The highest BCUT2D eigenvalue weighted by atomic mass is 19.4. The van der Waals surface area contributed by atoms with Crippen LogP contribution in [0.1, 0.15) is 26.2 Å². The van der Waals surface area contributed by atoms with Crippen molar-refractivity contribution in [2.24, 2.45) is 5.92 Å². The fourth-order valence-corrected chi connectivity index (χ4v) is 1.46. The van der Waals surface area contributed by atoms with Crippen molar-refractivity contribution in [1.29, 1.82) is 0 Å². The Kier molecular flexibility index (Phi) is 2.99. The zero-order valence-electron chi connectivity index (χ0n) is 7.03. The minimum Gasteiger partial charge on any atom is -0.369 e. The van der Waals surface area contributed by atoms with Crippen LogP contribution in [0.2, 0.25) is 0 Å². The second-order valence-electron chi connectivity index (χ2n) is 3.20. The van der Waals surface area contributed by atoms with Crippen LogP contribution in [0.4, 0.5) is 13.2 Å². The molecule has 1 heterocycles. The van der Waals surface area contributed by atoms with E-state index in [1.165, 1.54) is 0 Å². The van der Waals surface area contributed by atoms with E-state index < -0.39 is 12.3 Å². The number of rotatable bonds is 1. The van der Waals surface area contributed by atoms with E-state index in [4.69, 9.17) is 0 Å². The average Bonchev–Trinajstić information content (AvgIpc) is 2.03. The molecule has 0 N–H and O–H groups in total. The standard InChI is InChI=1S/C8H13F3O/c1-2-6-3-4-12-7(5-6)8(9,10)11/h6-7H,2-5H2,1H3/t6?,7-/m0/s1. The lowest BCUT2D eigenvalue weighted by Crippen LogP contribution is -2.37. The second kappa shape index (κ2) is 3.64. The van der Waals surface area contributed by atoms with Crippen LogP contribution in [0.5, 0.6) is 0 Å². The molecule has 12 heavy (non-hydrogen) atoms. The van der Waals surface area contributed by atoms with Crippen molar-refractivity contribution in [3.8, 4) is 0 Å². The van der Waals surface area contributed by atoms with Crippen LogP contribution in [0, 0.1) is 5.92 Å². The van der Waals surface area contributed by atoms with E-state index in [2.05, 4.69) is 4.74 Å². The third-order valence-corrected chi connectivity index (χ3v) is 2.33. The van der Waals surface area contributed by atoms with Gasteiger partial charge in [0.1, 0.15) is 0 Å². The number of ether oxygens (including phenoxy) is 1. The third-order valence-electron chi connectivity index (χ3n) is 2.33. The van der Waals surface area contributed by atoms with Gasteiger partial charge in [0, 0.05) is 6.61 Å². The van der Waals surface area contributed by atoms with Crippen LogP contribution in [0.15, 0.2) is 0 Å². The molecule has 0 aromatic heterocycles. The largest absolute Gasteiger partial charge is 0.414 e. The predicted octanol–water partition coefficient (Wildman–Crippen LogP) is 2.75. The van der Waals surface area contributed by atoms with Crippen LogP contribution in [-0.4, -0.2) is 18.9 Å². The third kappa shape index (κ3) is 2.37. The van der Waals surface area contributed by atoms with E-state index in [0.717, 1.165) is 12.8 Å². The predicted molar refractivity (Wildman–Crippen MR) is 38.8 cm³/mol. The minimum atomic E-state index is -4.17. The van der Waals surface area contributed by atoms with Crippen LogP contribution >= 0.6 is 0 Å². The second-order valence-corrected chi connectivity index (χ2v) is 3.20. The van der Waals surface area contributed by atoms with E-state index in [0.29, 0.717) is 0 Å². The van der Waals surface area contributed by atoms with Crippen molar-refractivity contribution in [1.82, 2.24) is 0 Å². The molecule has 4 heteroatoms. The maximum Gasteiger partial charge on any atom is 0.414 e. The molecule has 0 aromatic rings. The van der Waals surface area contributed by atoms with Gasteiger partial charge in [0.05, 0.1) is 0 Å². The molecule has 72 valence electrons. The summed E-state index contributed by atoms with van der Waals surface area (Å²) in [6.45, 7) is 2.17. The first-order valence-electron chi connectivity index (χ1n) is 4.22. The highest BCUT2D eigenvalue weighted by Crippen LogP contribution is 2.33. The molecule has 1 aliphatic heterocycles. The van der Waals surface area contributed by atoms with Crippen LogP contribution in [0.3, 0.4) is 0 Å². The summed E-state index contributed by atoms with van der Waals surface area (Å²) in [6.07, 6.45) is -3.97. The maximum atomic E-state index is 12.1. The molecule has 1 saturated heterocycles. The topological polar surface area (TPSA) is 9.23 Å². The molecule has 2 atom stereocenters. The van der Waals surface area contributed by atoms with Gasteiger partial charge in [0.25, 0.3) is 0 Å². The number of hydrogen-bond donors (Lipinski definition) is 0. The summed E-state index contributed by atoms with van der Waals surface area (Å²) in [4.78, 5) is 0. The van der Waals surface area contributed by atoms with Crippen molar-refractivity contribution in [2.45, 2.75) is 38.5 Å². The van der Waals surface area contributed by atoms with Crippen molar-refractivity contribution < 1.29 is 17.9 Å². The SMILES string of the molecule is CCC1CCO[C@H](C(F)(F)F)C1. The Balaban J connectivity index is 2.46. The number of hydrogen-bond acceptors (Lipinski definition) is 1. The Hall–Kier alpha value is -0.250. The van der Waals surface area contributed by atoms with Gasteiger partial charge in [-0.25, -0.2) is 0 Å². The summed E-state index contributed by atoms with van der Waals surface area (Å²) in [6, 6.07) is 0. The molecule has 1 unspecified atom stereocenters. The van der Waals surface area contributed by atoms with Gasteiger partial charge >= 0.3 is 6.18 Å². The van der Waals surface area contributed by atoms with Crippen molar-refractivity contribution >= 4 is 0 Å². The lowest BCUT2D eigenvalue weighted by molar-refractivity contribution is -0.235. The highest BCUT2D eigenvalue weighted by Gasteiger charge is 2.43. The molecule has 0 spiro atoms. The van der Waals surface area contributed by atoms with Gasteiger partial charge in [-0.15, -0.1) is 0 Å². The molecule has 1 fully saturated rings. The van der Waals surface area contributed by atoms with Gasteiger partial charge in [-0.05, 0) is 18.8 Å². The summed E-state index contributed by atoms with van der Waals surface area (Å²) in [7, 11) is 0. The van der Waals surface area contributed by atoms with Crippen LogP contribution in [0.25, 0.3) is 0 Å². The zero-order valence-corrected chi connectivity index (χ0v) is 7.03. The maximum absolute atomic E-state index is 12.1. The zero-order chi connectivity index (χ0) is 9.19. The van der Waals surface area contributed by atoms with Crippen molar-refractivity contribution in [2.75, 3.05) is 6.61 Å². The molecule has 1 rings (SSSR count). The Bertz CT molecular complexity index is 144. The lowest BCUT2D eigenvalue weighted by atomic mass is 9.93. The lowest BCUT2D eigenvalue weighted by Gasteiger charge is -2.30. The molecule has 0 radical (unpaired) electrons. The fourth-order valence-electron chi connectivity index (χ4n) is 1.46. The van der Waals surface area contributed by atoms with Gasteiger partial charge in [0.15, 0.2) is 6.10 Å². The van der Waals surface area contributed by atoms with Gasteiger partial charge in [-0.2, -0.15) is 13.2 Å². The van der Waals surface area contributed by atoms with Crippen LogP contribution in [-0.2, 0) is 4.74 Å². The van der Waals surface area contributed by atoms with E-state index in [1.54, 1.807) is 0 Å². The van der Waals surface area contributed by atoms with Crippen molar-refractivity contribution in [3.63, 3.8) is 0 Å².